The Morgan fingerprint density at radius 3 is 2.33 bits per heavy atom. The highest BCUT2D eigenvalue weighted by Gasteiger charge is 2.39. The molecule has 0 unspecified atom stereocenters. The van der Waals surface area contributed by atoms with Crippen LogP contribution in [0.25, 0.3) is 17.1 Å². The average molecular weight is 720 g/mol. The Balaban J connectivity index is 1.14. The van der Waals surface area contributed by atoms with Gasteiger partial charge < -0.3 is 30.7 Å². The second-order valence-electron chi connectivity index (χ2n) is 11.7. The lowest BCUT2D eigenvalue weighted by Crippen LogP contribution is -2.52. The van der Waals surface area contributed by atoms with Crippen molar-refractivity contribution in [1.82, 2.24) is 39.4 Å². The average Bonchev–Trinajstić information content (AvgIpc) is 3.70. The molecule has 4 aromatic rings. The van der Waals surface area contributed by atoms with E-state index >= 15 is 0 Å². The number of carbonyl (C=O) groups excluding carboxylic acids is 3. The summed E-state index contributed by atoms with van der Waals surface area (Å²) in [4.78, 5) is 50.9. The molecule has 0 bridgehead atoms. The predicted octanol–water partition coefficient (Wildman–Crippen LogP) is 4.11. The molecule has 3 amide bonds. The number of benzene rings is 1. The highest BCUT2D eigenvalue weighted by atomic mass is 35.5. The van der Waals surface area contributed by atoms with Gasteiger partial charge in [-0.1, -0.05) is 23.2 Å². The van der Waals surface area contributed by atoms with E-state index in [9.17, 15) is 27.6 Å². The molecule has 18 heteroatoms. The quantitative estimate of drug-likeness (QED) is 0.269. The number of aromatic nitrogens is 5. The second-order valence-corrected chi connectivity index (χ2v) is 12.5. The number of carbonyl (C=O) groups is 3. The molecule has 258 valence electrons. The molecule has 49 heavy (non-hydrogen) atoms. The van der Waals surface area contributed by atoms with Crippen LogP contribution in [-0.4, -0.2) is 91.1 Å². The summed E-state index contributed by atoms with van der Waals surface area (Å²) in [5.41, 5.74) is 4.67. The molecule has 0 spiro atoms. The lowest BCUT2D eigenvalue weighted by Gasteiger charge is -2.37. The Morgan fingerprint density at radius 2 is 1.67 bits per heavy atom. The Morgan fingerprint density at radius 1 is 0.980 bits per heavy atom. The number of amides is 3. The SMILES string of the molecule is Cn1c(-c2cn(-c3cc(Cl)c(N)cn3)nc2C(F)(F)F)cnc1C(=O)Nc1ccc(C(=O)N2CCN(C(=O)C3CCNCC3)CC2)c(Cl)c1. The second kappa shape index (κ2) is 13.7. The van der Waals surface area contributed by atoms with Gasteiger partial charge in [-0.3, -0.25) is 14.4 Å². The number of pyridine rings is 1. The molecule has 5 heterocycles. The Hall–Kier alpha value is -4.67. The summed E-state index contributed by atoms with van der Waals surface area (Å²) in [6.45, 7) is 3.24. The van der Waals surface area contributed by atoms with Gasteiger partial charge in [0.2, 0.25) is 5.91 Å². The molecule has 0 atom stereocenters. The van der Waals surface area contributed by atoms with Gasteiger partial charge >= 0.3 is 6.18 Å². The number of hydrogen-bond donors (Lipinski definition) is 3. The smallest absolute Gasteiger partial charge is 0.396 e. The number of piperazine rings is 1. The number of anilines is 2. The van der Waals surface area contributed by atoms with Gasteiger partial charge in [0.1, 0.15) is 0 Å². The van der Waals surface area contributed by atoms with E-state index in [0.29, 0.717) is 26.2 Å². The van der Waals surface area contributed by atoms with Crippen molar-refractivity contribution in [2.24, 2.45) is 13.0 Å². The van der Waals surface area contributed by atoms with E-state index in [4.69, 9.17) is 28.9 Å². The van der Waals surface area contributed by atoms with Gasteiger partial charge in [-0.2, -0.15) is 18.3 Å². The zero-order valence-electron chi connectivity index (χ0n) is 26.1. The third-order valence-electron chi connectivity index (χ3n) is 8.58. The Labute approximate surface area is 288 Å². The van der Waals surface area contributed by atoms with Crippen molar-refractivity contribution in [3.8, 4) is 17.1 Å². The highest BCUT2D eigenvalue weighted by molar-refractivity contribution is 6.34. The fraction of sp³-hybridized carbons (Fsp3) is 0.355. The zero-order valence-corrected chi connectivity index (χ0v) is 27.6. The molecule has 2 aliphatic heterocycles. The molecule has 0 aliphatic carbocycles. The Bertz CT molecular complexity index is 1910. The van der Waals surface area contributed by atoms with Crippen molar-refractivity contribution < 1.29 is 27.6 Å². The molecular formula is C31H31Cl2F3N10O3. The van der Waals surface area contributed by atoms with Crippen molar-refractivity contribution in [1.29, 1.82) is 0 Å². The third kappa shape index (κ3) is 7.07. The van der Waals surface area contributed by atoms with E-state index in [1.807, 2.05) is 4.90 Å². The van der Waals surface area contributed by atoms with E-state index in [0.717, 1.165) is 43.0 Å². The van der Waals surface area contributed by atoms with E-state index in [2.05, 4.69) is 25.7 Å². The first-order valence-electron chi connectivity index (χ1n) is 15.3. The number of piperidine rings is 1. The summed E-state index contributed by atoms with van der Waals surface area (Å²) in [5, 5.41) is 9.75. The highest BCUT2D eigenvalue weighted by Crippen LogP contribution is 2.37. The number of nitrogen functional groups attached to an aromatic ring is 1. The molecule has 2 aliphatic rings. The number of nitrogens with one attached hydrogen (secondary N) is 2. The molecule has 6 rings (SSSR count). The fourth-order valence-corrected chi connectivity index (χ4v) is 6.30. The van der Waals surface area contributed by atoms with E-state index in [1.165, 1.54) is 42.1 Å². The molecule has 3 aromatic heterocycles. The van der Waals surface area contributed by atoms with Crippen molar-refractivity contribution >= 4 is 52.3 Å². The minimum atomic E-state index is -4.85. The van der Waals surface area contributed by atoms with E-state index in [-0.39, 0.29) is 67.6 Å². The fourth-order valence-electron chi connectivity index (χ4n) is 5.90. The summed E-state index contributed by atoms with van der Waals surface area (Å²) >= 11 is 12.5. The third-order valence-corrected chi connectivity index (χ3v) is 9.22. The maximum atomic E-state index is 14.0. The minimum Gasteiger partial charge on any atom is -0.396 e. The maximum Gasteiger partial charge on any atom is 0.435 e. The van der Waals surface area contributed by atoms with Gasteiger partial charge in [0.15, 0.2) is 17.3 Å². The number of nitrogens with two attached hydrogens (primary N) is 1. The molecule has 0 saturated carbocycles. The number of halogens is 5. The van der Waals surface area contributed by atoms with Crippen molar-refractivity contribution in [3.05, 3.63) is 70.0 Å². The monoisotopic (exact) mass is 718 g/mol. The molecule has 2 saturated heterocycles. The van der Waals surface area contributed by atoms with Crippen LogP contribution in [0.1, 0.15) is 39.5 Å². The van der Waals surface area contributed by atoms with Gasteiger partial charge in [-0.05, 0) is 44.1 Å². The topological polar surface area (TPSA) is 156 Å². The first-order valence-corrected chi connectivity index (χ1v) is 16.1. The van der Waals surface area contributed by atoms with Crippen LogP contribution in [0, 0.1) is 5.92 Å². The molecular weight excluding hydrogens is 688 g/mol. The lowest BCUT2D eigenvalue weighted by atomic mass is 9.96. The molecule has 2 fully saturated rings. The van der Waals surface area contributed by atoms with Crippen molar-refractivity contribution in [2.75, 3.05) is 50.3 Å². The van der Waals surface area contributed by atoms with Gasteiger partial charge in [0.05, 0.1) is 44.9 Å². The summed E-state index contributed by atoms with van der Waals surface area (Å²) in [7, 11) is 1.39. The molecule has 0 radical (unpaired) electrons. The van der Waals surface area contributed by atoms with Crippen LogP contribution in [0.5, 0.6) is 0 Å². The minimum absolute atomic E-state index is 0.000119. The number of hydrogen-bond acceptors (Lipinski definition) is 8. The Kier molecular flexibility index (Phi) is 9.55. The van der Waals surface area contributed by atoms with Crippen molar-refractivity contribution in [3.63, 3.8) is 0 Å². The van der Waals surface area contributed by atoms with Gasteiger partial charge in [0, 0.05) is 57.1 Å². The standard InChI is InChI=1S/C31H31Cl2F3N10O3/c1-43-24(20-16-46(42-26(20)31(34,35)36)25-13-22(33)23(37)14-39-25)15-40-27(43)28(47)41-18-2-3-19(21(32)12-18)30(49)45-10-8-44(9-11-45)29(48)17-4-6-38-7-5-17/h2-3,12-17,38H,4-11,37H2,1H3,(H,41,47). The summed E-state index contributed by atoms with van der Waals surface area (Å²) in [5.74, 6) is -1.09. The number of nitrogens with zero attached hydrogens (tertiary/aromatic N) is 7. The summed E-state index contributed by atoms with van der Waals surface area (Å²) in [6.07, 6.45) is 0.206. The largest absolute Gasteiger partial charge is 0.435 e. The molecule has 13 nitrogen and oxygen atoms in total. The van der Waals surface area contributed by atoms with Crippen LogP contribution in [0.4, 0.5) is 24.5 Å². The molecule has 1 aromatic carbocycles. The number of rotatable bonds is 6. The summed E-state index contributed by atoms with van der Waals surface area (Å²) in [6, 6.07) is 5.66. The van der Waals surface area contributed by atoms with Gasteiger partial charge in [-0.15, -0.1) is 0 Å². The predicted molar refractivity (Wildman–Crippen MR) is 175 cm³/mol. The lowest BCUT2D eigenvalue weighted by molar-refractivity contribution is -0.141. The van der Waals surface area contributed by atoms with Crippen LogP contribution in [0.3, 0.4) is 0 Å². The van der Waals surface area contributed by atoms with E-state index < -0.39 is 17.8 Å². The summed E-state index contributed by atoms with van der Waals surface area (Å²) < 4.78 is 44.3. The molecule has 4 N–H and O–H groups in total. The van der Waals surface area contributed by atoms with Crippen molar-refractivity contribution in [2.45, 2.75) is 19.0 Å². The van der Waals surface area contributed by atoms with Crippen LogP contribution in [0.2, 0.25) is 10.0 Å². The van der Waals surface area contributed by atoms with Gasteiger partial charge in [0.25, 0.3) is 11.8 Å². The first kappa shape index (κ1) is 34.2. The van der Waals surface area contributed by atoms with Crippen LogP contribution in [-0.2, 0) is 18.0 Å². The first-order chi connectivity index (χ1) is 23.3. The number of imidazole rings is 1. The van der Waals surface area contributed by atoms with Crippen LogP contribution < -0.4 is 16.4 Å². The van der Waals surface area contributed by atoms with Crippen LogP contribution >= 0.6 is 23.2 Å². The van der Waals surface area contributed by atoms with Gasteiger partial charge in [-0.25, -0.2) is 14.6 Å². The maximum absolute atomic E-state index is 14.0. The normalized spacial score (nSPS) is 15.8. The number of alkyl halides is 3. The van der Waals surface area contributed by atoms with Crippen LogP contribution in [0.15, 0.2) is 42.9 Å². The zero-order chi connectivity index (χ0) is 35.0. The van der Waals surface area contributed by atoms with E-state index in [1.54, 1.807) is 4.90 Å².